The topological polar surface area (TPSA) is 58.4 Å². The predicted molar refractivity (Wildman–Crippen MR) is 89.4 cm³/mol. The maximum Gasteiger partial charge on any atom is 0.223 e. The fraction of sp³-hybridized carbons (Fsp3) is 0.444. The molecule has 0 radical (unpaired) electrons. The van der Waals surface area contributed by atoms with Gasteiger partial charge in [0.05, 0.1) is 6.20 Å². The van der Waals surface area contributed by atoms with Crippen LogP contribution in [0.15, 0.2) is 41.6 Å². The second-order valence-corrected chi connectivity index (χ2v) is 6.32. The zero-order valence-corrected chi connectivity index (χ0v) is 13.5. The SMILES string of the molecule is CC1CCCCN1Cc1cc(=O)c(O)cn1Cc1cccnc1. The van der Waals surface area contributed by atoms with E-state index in [1.54, 1.807) is 18.5 Å². The van der Waals surface area contributed by atoms with E-state index < -0.39 is 0 Å². The van der Waals surface area contributed by atoms with Crippen molar-refractivity contribution in [3.05, 3.63) is 58.3 Å². The van der Waals surface area contributed by atoms with Gasteiger partial charge in [0.2, 0.25) is 5.43 Å². The van der Waals surface area contributed by atoms with E-state index in [2.05, 4.69) is 16.8 Å². The minimum Gasteiger partial charge on any atom is -0.503 e. The first-order chi connectivity index (χ1) is 11.1. The summed E-state index contributed by atoms with van der Waals surface area (Å²) in [5.41, 5.74) is 1.67. The summed E-state index contributed by atoms with van der Waals surface area (Å²) in [6.45, 7) is 4.63. The summed E-state index contributed by atoms with van der Waals surface area (Å²) in [5.74, 6) is -0.204. The van der Waals surface area contributed by atoms with Gasteiger partial charge in [-0.05, 0) is 37.9 Å². The largest absolute Gasteiger partial charge is 0.503 e. The Bertz CT molecular complexity index is 712. The van der Waals surface area contributed by atoms with Gasteiger partial charge in [-0.15, -0.1) is 0 Å². The molecular formula is C18H23N3O2. The molecule has 1 atom stereocenters. The fourth-order valence-electron chi connectivity index (χ4n) is 3.17. The van der Waals surface area contributed by atoms with Gasteiger partial charge in [0, 0.05) is 43.3 Å². The molecule has 1 fully saturated rings. The molecule has 23 heavy (non-hydrogen) atoms. The first-order valence-electron chi connectivity index (χ1n) is 8.19. The quantitative estimate of drug-likeness (QED) is 0.941. The van der Waals surface area contributed by atoms with Crippen LogP contribution in [0.5, 0.6) is 5.75 Å². The second-order valence-electron chi connectivity index (χ2n) is 6.32. The van der Waals surface area contributed by atoms with Crippen LogP contribution in [-0.2, 0) is 13.1 Å². The van der Waals surface area contributed by atoms with E-state index in [-0.39, 0.29) is 11.2 Å². The van der Waals surface area contributed by atoms with Crippen LogP contribution in [-0.4, -0.2) is 32.1 Å². The van der Waals surface area contributed by atoms with Crippen molar-refractivity contribution in [3.63, 3.8) is 0 Å². The number of hydrogen-bond donors (Lipinski definition) is 1. The molecule has 1 saturated heterocycles. The van der Waals surface area contributed by atoms with E-state index in [4.69, 9.17) is 0 Å². The number of hydrogen-bond acceptors (Lipinski definition) is 4. The van der Waals surface area contributed by atoms with Crippen LogP contribution in [0.1, 0.15) is 37.4 Å². The molecule has 3 rings (SSSR count). The fourth-order valence-corrected chi connectivity index (χ4v) is 3.17. The van der Waals surface area contributed by atoms with Crippen molar-refractivity contribution in [3.8, 4) is 5.75 Å². The van der Waals surface area contributed by atoms with E-state index in [0.717, 1.165) is 24.3 Å². The zero-order chi connectivity index (χ0) is 16.2. The Balaban J connectivity index is 1.88. The highest BCUT2D eigenvalue weighted by Gasteiger charge is 2.19. The van der Waals surface area contributed by atoms with Crippen LogP contribution in [0, 0.1) is 0 Å². The molecule has 0 spiro atoms. The molecule has 5 nitrogen and oxygen atoms in total. The van der Waals surface area contributed by atoms with E-state index in [1.807, 2.05) is 22.9 Å². The van der Waals surface area contributed by atoms with Crippen molar-refractivity contribution >= 4 is 0 Å². The maximum absolute atomic E-state index is 11.9. The molecule has 0 aromatic carbocycles. The molecule has 1 unspecified atom stereocenters. The number of aromatic nitrogens is 2. The Hall–Kier alpha value is -2.14. The number of pyridine rings is 2. The van der Waals surface area contributed by atoms with Crippen molar-refractivity contribution < 1.29 is 5.11 Å². The number of aromatic hydroxyl groups is 1. The Kier molecular flexibility index (Phi) is 4.76. The predicted octanol–water partition coefficient (Wildman–Crippen LogP) is 2.37. The summed E-state index contributed by atoms with van der Waals surface area (Å²) in [6, 6.07) is 5.98. The van der Waals surface area contributed by atoms with Gasteiger partial charge in [-0.1, -0.05) is 12.5 Å². The van der Waals surface area contributed by atoms with E-state index in [0.29, 0.717) is 12.6 Å². The molecule has 1 N–H and O–H groups in total. The monoisotopic (exact) mass is 313 g/mol. The summed E-state index contributed by atoms with van der Waals surface area (Å²) in [7, 11) is 0. The molecule has 2 aromatic rings. The standard InChI is InChI=1S/C18H23N3O2/c1-14-5-2-3-8-20(14)12-16-9-17(22)18(23)13-21(16)11-15-6-4-7-19-10-15/h4,6-7,9-10,13-14,23H,2-3,5,8,11-12H2,1H3. The lowest BCUT2D eigenvalue weighted by Gasteiger charge is -2.34. The lowest BCUT2D eigenvalue weighted by molar-refractivity contribution is 0.149. The zero-order valence-electron chi connectivity index (χ0n) is 13.5. The third-order valence-electron chi connectivity index (χ3n) is 4.58. The van der Waals surface area contributed by atoms with Gasteiger partial charge >= 0.3 is 0 Å². The smallest absolute Gasteiger partial charge is 0.223 e. The van der Waals surface area contributed by atoms with Crippen molar-refractivity contribution in [1.29, 1.82) is 0 Å². The molecule has 122 valence electrons. The molecule has 2 aromatic heterocycles. The van der Waals surface area contributed by atoms with Gasteiger partial charge in [-0.2, -0.15) is 0 Å². The average molecular weight is 313 g/mol. The molecule has 3 heterocycles. The average Bonchev–Trinajstić information content (AvgIpc) is 2.55. The summed E-state index contributed by atoms with van der Waals surface area (Å²) >= 11 is 0. The molecule has 0 amide bonds. The summed E-state index contributed by atoms with van der Waals surface area (Å²) in [6.07, 6.45) is 8.76. The van der Waals surface area contributed by atoms with Crippen LogP contribution in [0.3, 0.4) is 0 Å². The minimum atomic E-state index is -0.313. The third-order valence-corrected chi connectivity index (χ3v) is 4.58. The molecule has 5 heteroatoms. The first-order valence-corrected chi connectivity index (χ1v) is 8.19. The Morgan fingerprint density at radius 2 is 2.22 bits per heavy atom. The highest BCUT2D eigenvalue weighted by atomic mass is 16.3. The van der Waals surface area contributed by atoms with Gasteiger partial charge in [0.1, 0.15) is 0 Å². The van der Waals surface area contributed by atoms with Crippen LogP contribution >= 0.6 is 0 Å². The maximum atomic E-state index is 11.9. The van der Waals surface area contributed by atoms with E-state index in [9.17, 15) is 9.90 Å². The molecule has 1 aliphatic heterocycles. The van der Waals surface area contributed by atoms with Gasteiger partial charge in [-0.3, -0.25) is 14.7 Å². The molecule has 0 saturated carbocycles. The van der Waals surface area contributed by atoms with Crippen molar-refractivity contribution in [2.45, 2.75) is 45.3 Å². The summed E-state index contributed by atoms with van der Waals surface area (Å²) in [5, 5.41) is 9.80. The van der Waals surface area contributed by atoms with Gasteiger partial charge in [-0.25, -0.2) is 0 Å². The van der Waals surface area contributed by atoms with Crippen molar-refractivity contribution in [2.75, 3.05) is 6.54 Å². The van der Waals surface area contributed by atoms with Gasteiger partial charge in [0.15, 0.2) is 5.75 Å². The van der Waals surface area contributed by atoms with Gasteiger partial charge < -0.3 is 9.67 Å². The third kappa shape index (κ3) is 3.79. The number of rotatable bonds is 4. The highest BCUT2D eigenvalue weighted by Crippen LogP contribution is 2.19. The van der Waals surface area contributed by atoms with Gasteiger partial charge in [0.25, 0.3) is 0 Å². The highest BCUT2D eigenvalue weighted by molar-refractivity contribution is 5.22. The number of likely N-dealkylation sites (tertiary alicyclic amines) is 1. The van der Waals surface area contributed by atoms with Crippen LogP contribution in [0.4, 0.5) is 0 Å². The molecular weight excluding hydrogens is 290 g/mol. The Labute approximate surface area is 136 Å². The normalized spacial score (nSPS) is 18.9. The molecule has 0 bridgehead atoms. The lowest BCUT2D eigenvalue weighted by Crippen LogP contribution is -2.37. The van der Waals surface area contributed by atoms with Crippen molar-refractivity contribution in [1.82, 2.24) is 14.5 Å². The van der Waals surface area contributed by atoms with Crippen LogP contribution in [0.2, 0.25) is 0 Å². The van der Waals surface area contributed by atoms with Crippen molar-refractivity contribution in [2.24, 2.45) is 0 Å². The van der Waals surface area contributed by atoms with Crippen LogP contribution in [0.25, 0.3) is 0 Å². The van der Waals surface area contributed by atoms with E-state index in [1.165, 1.54) is 19.3 Å². The Morgan fingerprint density at radius 1 is 1.35 bits per heavy atom. The first kappa shape index (κ1) is 15.7. The lowest BCUT2D eigenvalue weighted by atomic mass is 10.0. The minimum absolute atomic E-state index is 0.204. The molecule has 0 aliphatic carbocycles. The summed E-state index contributed by atoms with van der Waals surface area (Å²) in [4.78, 5) is 18.4. The Morgan fingerprint density at radius 3 is 2.96 bits per heavy atom. The van der Waals surface area contributed by atoms with E-state index >= 15 is 0 Å². The summed E-state index contributed by atoms with van der Waals surface area (Å²) < 4.78 is 1.95. The number of piperidine rings is 1. The second kappa shape index (κ2) is 6.96. The number of nitrogens with zero attached hydrogens (tertiary/aromatic N) is 3. The van der Waals surface area contributed by atoms with Crippen LogP contribution < -0.4 is 5.43 Å². The molecule has 1 aliphatic rings.